The number of aliphatic hydroxyl groups excluding tert-OH is 1. The second-order valence-electron chi connectivity index (χ2n) is 11.1. The first-order valence-electron chi connectivity index (χ1n) is 16.4. The number of quaternary nitrogens is 1. The zero-order valence-electron chi connectivity index (χ0n) is 25.8. The van der Waals surface area contributed by atoms with Crippen molar-refractivity contribution < 1.29 is 27.2 Å². The minimum Gasteiger partial charge on any atom is -0.726 e. The zero-order valence-corrected chi connectivity index (χ0v) is 26.6. The van der Waals surface area contributed by atoms with Gasteiger partial charge in [-0.15, -0.1) is 0 Å². The van der Waals surface area contributed by atoms with Crippen LogP contribution in [0.5, 0.6) is 0 Å². The molecule has 232 valence electrons. The number of aliphatic hydroxyl groups is 1. The zero-order chi connectivity index (χ0) is 28.6. The highest BCUT2D eigenvalue weighted by Crippen LogP contribution is 2.12. The van der Waals surface area contributed by atoms with Gasteiger partial charge in [-0.25, -0.2) is 8.42 Å². The van der Waals surface area contributed by atoms with Gasteiger partial charge >= 0.3 is 0 Å². The van der Waals surface area contributed by atoms with Crippen LogP contribution in [0.3, 0.4) is 0 Å². The molecule has 0 rings (SSSR count). The summed E-state index contributed by atoms with van der Waals surface area (Å²) in [6, 6.07) is 0. The lowest BCUT2D eigenvalue weighted by molar-refractivity contribution is -0.901. The van der Waals surface area contributed by atoms with Crippen LogP contribution in [0.25, 0.3) is 0 Å². The fourth-order valence-corrected chi connectivity index (χ4v) is 4.97. The molecule has 0 aromatic heterocycles. The molecule has 2 N–H and O–H groups in total. The van der Waals surface area contributed by atoms with Crippen LogP contribution < -0.4 is 4.90 Å². The van der Waals surface area contributed by atoms with Gasteiger partial charge in [-0.05, 0) is 25.7 Å². The summed E-state index contributed by atoms with van der Waals surface area (Å²) in [4.78, 5) is 1.65. The van der Waals surface area contributed by atoms with Gasteiger partial charge in [0.2, 0.25) is 10.4 Å². The lowest BCUT2D eigenvalue weighted by Crippen LogP contribution is -3.12. The standard InChI is InChI=1S/C30H63NO.CH4O4S/c1-3-5-7-9-11-13-15-17-19-21-23-25-27-31(29-30-32)28-26-24-22-20-18-16-14-12-10-8-6-4-2;1-5-6(2,3)4/h32H,3-30H2,1-2H3;1H3,(H,2,3,4). The molecule has 0 heterocycles. The normalized spacial score (nSPS) is 11.6. The van der Waals surface area contributed by atoms with Crippen molar-refractivity contribution in [3.05, 3.63) is 0 Å². The molecule has 0 aliphatic rings. The molecular formula is C31H67NO5S. The van der Waals surface area contributed by atoms with Crippen LogP contribution in [-0.4, -0.2) is 51.4 Å². The fourth-order valence-electron chi connectivity index (χ4n) is 4.97. The third-order valence-electron chi connectivity index (χ3n) is 7.44. The van der Waals surface area contributed by atoms with Gasteiger partial charge in [0.1, 0.15) is 6.54 Å². The number of hydrogen-bond donors (Lipinski definition) is 2. The van der Waals surface area contributed by atoms with E-state index in [4.69, 9.17) is 0 Å². The van der Waals surface area contributed by atoms with Gasteiger partial charge in [-0.1, -0.05) is 142 Å². The molecule has 0 unspecified atom stereocenters. The van der Waals surface area contributed by atoms with E-state index in [1.807, 2.05) is 0 Å². The maximum Gasteiger partial charge on any atom is 0.217 e. The molecule has 0 aliphatic carbocycles. The largest absolute Gasteiger partial charge is 0.726 e. The minimum atomic E-state index is -4.41. The van der Waals surface area contributed by atoms with Gasteiger partial charge in [0, 0.05) is 0 Å². The Kier molecular flexibility index (Phi) is 34.7. The molecule has 7 heteroatoms. The lowest BCUT2D eigenvalue weighted by Gasteiger charge is -2.18. The Morgan fingerprint density at radius 1 is 0.526 bits per heavy atom. The molecule has 0 fully saturated rings. The Hall–Kier alpha value is -0.210. The molecule has 6 nitrogen and oxygen atoms in total. The Bertz CT molecular complexity index is 502. The molecule has 0 aliphatic heterocycles. The van der Waals surface area contributed by atoms with Gasteiger partial charge < -0.3 is 14.6 Å². The SMILES string of the molecule is CCCCCCCCCCCCCC[NH+](CCO)CCCCCCCCCCCCCC.COS(=O)(=O)[O-]. The van der Waals surface area contributed by atoms with Gasteiger partial charge in [0.05, 0.1) is 26.8 Å². The molecule has 0 aromatic carbocycles. The van der Waals surface area contributed by atoms with Crippen LogP contribution in [0.4, 0.5) is 0 Å². The first kappa shape index (κ1) is 39.9. The van der Waals surface area contributed by atoms with E-state index >= 15 is 0 Å². The van der Waals surface area contributed by atoms with Crippen LogP contribution in [0, 0.1) is 0 Å². The molecule has 38 heavy (non-hydrogen) atoms. The number of hydrogen-bond acceptors (Lipinski definition) is 5. The van der Waals surface area contributed by atoms with Crippen molar-refractivity contribution in [1.82, 2.24) is 0 Å². The topological polar surface area (TPSA) is 91.1 Å². The Balaban J connectivity index is 0. The molecule has 0 aromatic rings. The lowest BCUT2D eigenvalue weighted by atomic mass is 10.0. The average Bonchev–Trinajstić information content (AvgIpc) is 2.89. The molecule has 0 atom stereocenters. The van der Waals surface area contributed by atoms with Crippen molar-refractivity contribution >= 4 is 10.4 Å². The van der Waals surface area contributed by atoms with Crippen LogP contribution in [0.1, 0.15) is 168 Å². The van der Waals surface area contributed by atoms with Crippen molar-refractivity contribution in [3.8, 4) is 0 Å². The van der Waals surface area contributed by atoms with Crippen molar-refractivity contribution in [2.24, 2.45) is 0 Å². The van der Waals surface area contributed by atoms with E-state index in [1.54, 1.807) is 4.90 Å². The molecule has 0 spiro atoms. The second-order valence-corrected chi connectivity index (χ2v) is 12.2. The van der Waals surface area contributed by atoms with E-state index in [1.165, 1.54) is 167 Å². The van der Waals surface area contributed by atoms with Crippen LogP contribution in [0.2, 0.25) is 0 Å². The summed E-state index contributed by atoms with van der Waals surface area (Å²) >= 11 is 0. The molecule has 0 bridgehead atoms. The molecule has 0 amide bonds. The summed E-state index contributed by atoms with van der Waals surface area (Å²) in [7, 11) is -3.60. The molecule has 0 radical (unpaired) electrons. The predicted molar refractivity (Wildman–Crippen MR) is 162 cm³/mol. The van der Waals surface area contributed by atoms with Crippen molar-refractivity contribution in [2.45, 2.75) is 168 Å². The highest BCUT2D eigenvalue weighted by Gasteiger charge is 2.07. The van der Waals surface area contributed by atoms with Gasteiger partial charge in [0.25, 0.3) is 0 Å². The number of nitrogens with one attached hydrogen (secondary N) is 1. The molecule has 0 saturated heterocycles. The van der Waals surface area contributed by atoms with E-state index in [0.29, 0.717) is 6.61 Å². The number of rotatable bonds is 29. The highest BCUT2D eigenvalue weighted by molar-refractivity contribution is 7.80. The van der Waals surface area contributed by atoms with E-state index in [-0.39, 0.29) is 0 Å². The summed E-state index contributed by atoms with van der Waals surface area (Å²) in [5.41, 5.74) is 0. The maximum atomic E-state index is 9.40. The van der Waals surface area contributed by atoms with Gasteiger partial charge in [-0.2, -0.15) is 0 Å². The Labute approximate surface area is 238 Å². The Morgan fingerprint density at radius 2 is 0.763 bits per heavy atom. The van der Waals surface area contributed by atoms with Crippen molar-refractivity contribution in [2.75, 3.05) is 33.4 Å². The first-order chi connectivity index (χ1) is 18.4. The summed E-state index contributed by atoms with van der Waals surface area (Å²) in [5, 5.41) is 9.40. The van der Waals surface area contributed by atoms with Crippen molar-refractivity contribution in [3.63, 3.8) is 0 Å². The second kappa shape index (κ2) is 33.0. The third kappa shape index (κ3) is 37.9. The van der Waals surface area contributed by atoms with Crippen molar-refractivity contribution in [1.29, 1.82) is 0 Å². The fraction of sp³-hybridized carbons (Fsp3) is 1.00. The van der Waals surface area contributed by atoms with Gasteiger partial charge in [-0.3, -0.25) is 4.18 Å². The van der Waals surface area contributed by atoms with Crippen LogP contribution in [-0.2, 0) is 14.6 Å². The van der Waals surface area contributed by atoms with Crippen LogP contribution >= 0.6 is 0 Å². The van der Waals surface area contributed by atoms with Gasteiger partial charge in [0.15, 0.2) is 0 Å². The quantitative estimate of drug-likeness (QED) is 0.0562. The summed E-state index contributed by atoms with van der Waals surface area (Å²) < 4.78 is 31.0. The minimum absolute atomic E-state index is 0.353. The highest BCUT2D eigenvalue weighted by atomic mass is 32.3. The van der Waals surface area contributed by atoms with E-state index in [9.17, 15) is 18.1 Å². The first-order valence-corrected chi connectivity index (χ1v) is 17.7. The van der Waals surface area contributed by atoms with E-state index in [0.717, 1.165) is 13.7 Å². The molecular weight excluding hydrogens is 498 g/mol. The van der Waals surface area contributed by atoms with E-state index in [2.05, 4.69) is 18.0 Å². The summed E-state index contributed by atoms with van der Waals surface area (Å²) in [6.45, 7) is 8.45. The monoisotopic (exact) mass is 565 g/mol. The number of unbranched alkanes of at least 4 members (excludes halogenated alkanes) is 22. The predicted octanol–water partition coefficient (Wildman–Crippen LogP) is 7.36. The molecule has 0 saturated carbocycles. The third-order valence-corrected chi connectivity index (χ3v) is 7.85. The maximum absolute atomic E-state index is 9.40. The summed E-state index contributed by atoms with van der Waals surface area (Å²) in [6.07, 6.45) is 34.2. The average molecular weight is 566 g/mol. The summed E-state index contributed by atoms with van der Waals surface area (Å²) in [5.74, 6) is 0. The Morgan fingerprint density at radius 3 is 0.974 bits per heavy atom. The smallest absolute Gasteiger partial charge is 0.217 e. The van der Waals surface area contributed by atoms with Crippen LogP contribution in [0.15, 0.2) is 0 Å². The van der Waals surface area contributed by atoms with E-state index < -0.39 is 10.4 Å².